The molecule has 3 aromatic rings. The molecule has 28 heavy (non-hydrogen) atoms. The lowest BCUT2D eigenvalue weighted by Crippen LogP contribution is -2.20. The van der Waals surface area contributed by atoms with E-state index in [2.05, 4.69) is 9.71 Å². The van der Waals surface area contributed by atoms with Crippen LogP contribution in [0.15, 0.2) is 46.1 Å². The number of thiazole rings is 1. The molecule has 0 amide bonds. The van der Waals surface area contributed by atoms with Gasteiger partial charge in [-0.3, -0.25) is 10.5 Å². The molecule has 0 saturated heterocycles. The first-order valence-electron chi connectivity index (χ1n) is 7.44. The number of halogens is 4. The first kappa shape index (κ1) is 20.7. The van der Waals surface area contributed by atoms with Crippen molar-refractivity contribution in [2.24, 2.45) is 5.73 Å². The number of hydrogen-bond donors (Lipinski definition) is 2. The van der Waals surface area contributed by atoms with Crippen LogP contribution in [0.3, 0.4) is 0 Å². The van der Waals surface area contributed by atoms with Crippen LogP contribution >= 0.6 is 34.5 Å². The van der Waals surface area contributed by atoms with Crippen molar-refractivity contribution >= 4 is 50.4 Å². The van der Waals surface area contributed by atoms with E-state index < -0.39 is 32.8 Å². The fourth-order valence-electron chi connectivity index (χ4n) is 2.20. The van der Waals surface area contributed by atoms with Gasteiger partial charge in [0.15, 0.2) is 12.0 Å². The van der Waals surface area contributed by atoms with E-state index in [0.29, 0.717) is 0 Å². The summed E-state index contributed by atoms with van der Waals surface area (Å²) in [6, 6.07) is 5.29. The van der Waals surface area contributed by atoms with E-state index in [0.717, 1.165) is 29.5 Å². The monoisotopic (exact) mass is 465 g/mol. The molecule has 0 spiro atoms. The maximum Gasteiger partial charge on any atom is 0.266 e. The highest BCUT2D eigenvalue weighted by Gasteiger charge is 2.24. The van der Waals surface area contributed by atoms with Crippen molar-refractivity contribution in [2.45, 2.75) is 11.1 Å². The Morgan fingerprint density at radius 1 is 1.18 bits per heavy atom. The van der Waals surface area contributed by atoms with Crippen molar-refractivity contribution in [3.8, 4) is 5.75 Å². The molecule has 12 heteroatoms. The largest absolute Gasteiger partial charge is 0.470 e. The zero-order valence-corrected chi connectivity index (χ0v) is 16.8. The number of rotatable bonds is 6. The first-order chi connectivity index (χ1) is 13.2. The number of hydrogen-bond acceptors (Lipinski definition) is 6. The number of sulfonamides is 1. The van der Waals surface area contributed by atoms with Gasteiger partial charge in [0.05, 0.1) is 10.5 Å². The molecule has 1 heterocycles. The molecule has 0 aliphatic heterocycles. The Hall–Kier alpha value is -1.98. The standard InChI is InChI=1S/C16H11Cl2F2N3O3S2/c17-8-1-2-11(19)9(3-8)16(21)26-13-5-12(20)14(4-10(13)18)28(24,25)23-15-6-27-7-22-15/h1-7,16,23H,21H2/t16-/m1/s1. The summed E-state index contributed by atoms with van der Waals surface area (Å²) in [5.74, 6) is -2.04. The van der Waals surface area contributed by atoms with Gasteiger partial charge < -0.3 is 4.74 Å². The molecule has 2 aromatic carbocycles. The number of anilines is 1. The minimum atomic E-state index is -4.28. The quantitative estimate of drug-likeness (QED) is 0.520. The van der Waals surface area contributed by atoms with Crippen LogP contribution in [0.2, 0.25) is 10.0 Å². The average molecular weight is 466 g/mol. The van der Waals surface area contributed by atoms with Gasteiger partial charge in [-0.2, -0.15) is 0 Å². The van der Waals surface area contributed by atoms with Crippen LogP contribution in [-0.2, 0) is 10.0 Å². The SMILES string of the molecule is N[C@H](Oc1cc(F)c(S(=O)(=O)Nc2cscn2)cc1Cl)c1cc(Cl)ccc1F. The maximum absolute atomic E-state index is 14.4. The van der Waals surface area contributed by atoms with Crippen LogP contribution in [0.25, 0.3) is 0 Å². The maximum atomic E-state index is 14.4. The summed E-state index contributed by atoms with van der Waals surface area (Å²) >= 11 is 13.0. The van der Waals surface area contributed by atoms with E-state index in [1.54, 1.807) is 0 Å². The Kier molecular flexibility index (Phi) is 6.06. The van der Waals surface area contributed by atoms with Gasteiger partial charge in [-0.1, -0.05) is 23.2 Å². The lowest BCUT2D eigenvalue weighted by molar-refractivity contribution is 0.208. The highest BCUT2D eigenvalue weighted by molar-refractivity contribution is 7.92. The molecule has 148 valence electrons. The number of nitrogens with zero attached hydrogens (tertiary/aromatic N) is 1. The van der Waals surface area contributed by atoms with Crippen LogP contribution in [0.5, 0.6) is 5.75 Å². The molecular weight excluding hydrogens is 455 g/mol. The summed E-state index contributed by atoms with van der Waals surface area (Å²) in [5, 5.41) is 1.42. The van der Waals surface area contributed by atoms with Crippen LogP contribution < -0.4 is 15.2 Å². The van der Waals surface area contributed by atoms with Crippen molar-refractivity contribution in [3.63, 3.8) is 0 Å². The molecule has 6 nitrogen and oxygen atoms in total. The van der Waals surface area contributed by atoms with Gasteiger partial charge in [-0.15, -0.1) is 11.3 Å². The number of aromatic nitrogens is 1. The van der Waals surface area contributed by atoms with Crippen LogP contribution in [0, 0.1) is 11.6 Å². The summed E-state index contributed by atoms with van der Waals surface area (Å²) in [4.78, 5) is 3.06. The van der Waals surface area contributed by atoms with Crippen molar-refractivity contribution in [2.75, 3.05) is 4.72 Å². The van der Waals surface area contributed by atoms with Gasteiger partial charge in [-0.25, -0.2) is 22.2 Å². The highest BCUT2D eigenvalue weighted by Crippen LogP contribution is 2.33. The van der Waals surface area contributed by atoms with E-state index in [-0.39, 0.29) is 27.2 Å². The summed E-state index contributed by atoms with van der Waals surface area (Å²) in [5.41, 5.74) is 7.12. The van der Waals surface area contributed by atoms with Gasteiger partial charge in [0.25, 0.3) is 10.0 Å². The summed E-state index contributed by atoms with van der Waals surface area (Å²) < 4.78 is 60.4. The molecule has 3 N–H and O–H groups in total. The predicted molar refractivity (Wildman–Crippen MR) is 103 cm³/mol. The fourth-order valence-corrected chi connectivity index (χ4v) is 4.29. The fraction of sp³-hybridized carbons (Fsp3) is 0.0625. The van der Waals surface area contributed by atoms with E-state index >= 15 is 0 Å². The highest BCUT2D eigenvalue weighted by atomic mass is 35.5. The van der Waals surface area contributed by atoms with Crippen molar-refractivity contribution in [1.29, 1.82) is 0 Å². The Balaban J connectivity index is 1.88. The molecule has 0 radical (unpaired) electrons. The predicted octanol–water partition coefficient (Wildman–Crippen LogP) is 4.57. The molecule has 0 unspecified atom stereocenters. The second-order valence-corrected chi connectivity index (χ2v) is 8.61. The van der Waals surface area contributed by atoms with Gasteiger partial charge in [-0.05, 0) is 24.3 Å². The van der Waals surface area contributed by atoms with Crippen molar-refractivity contribution in [1.82, 2.24) is 4.98 Å². The van der Waals surface area contributed by atoms with Crippen LogP contribution in [0.1, 0.15) is 11.8 Å². The van der Waals surface area contributed by atoms with Gasteiger partial charge >= 0.3 is 0 Å². The second kappa shape index (κ2) is 8.18. The molecule has 1 atom stereocenters. The van der Waals surface area contributed by atoms with E-state index in [1.807, 2.05) is 0 Å². The molecular formula is C16H11Cl2F2N3O3S2. The molecule has 0 bridgehead atoms. The summed E-state index contributed by atoms with van der Waals surface area (Å²) in [6.07, 6.45) is -1.36. The molecule has 3 rings (SSSR count). The zero-order chi connectivity index (χ0) is 20.5. The van der Waals surface area contributed by atoms with Gasteiger partial charge in [0.1, 0.15) is 22.3 Å². The van der Waals surface area contributed by atoms with E-state index in [1.165, 1.54) is 23.0 Å². The topological polar surface area (TPSA) is 94.3 Å². The van der Waals surface area contributed by atoms with Crippen LogP contribution in [-0.4, -0.2) is 13.4 Å². The zero-order valence-electron chi connectivity index (χ0n) is 13.7. The Labute approximate surface area is 172 Å². The molecule has 0 fully saturated rings. The number of benzene rings is 2. The average Bonchev–Trinajstić information content (AvgIpc) is 3.11. The Morgan fingerprint density at radius 2 is 1.93 bits per heavy atom. The lowest BCUT2D eigenvalue weighted by atomic mass is 10.2. The molecule has 0 aliphatic carbocycles. The van der Waals surface area contributed by atoms with E-state index in [4.69, 9.17) is 33.7 Å². The molecule has 0 aliphatic rings. The lowest BCUT2D eigenvalue weighted by Gasteiger charge is -2.17. The third kappa shape index (κ3) is 4.53. The minimum Gasteiger partial charge on any atom is -0.470 e. The third-order valence-corrected chi connectivity index (χ3v) is 5.95. The Bertz CT molecular complexity index is 1110. The molecule has 1 aromatic heterocycles. The first-order valence-corrected chi connectivity index (χ1v) is 10.6. The minimum absolute atomic E-state index is 0.0410. The smallest absolute Gasteiger partial charge is 0.266 e. The molecule has 0 saturated carbocycles. The normalized spacial score (nSPS) is 12.6. The van der Waals surface area contributed by atoms with Gasteiger partial charge in [0, 0.05) is 22.0 Å². The Morgan fingerprint density at radius 3 is 2.61 bits per heavy atom. The summed E-state index contributed by atoms with van der Waals surface area (Å²) in [7, 11) is -4.28. The number of ether oxygens (including phenoxy) is 1. The van der Waals surface area contributed by atoms with Crippen molar-refractivity contribution in [3.05, 3.63) is 68.5 Å². The number of nitrogens with two attached hydrogens (primary N) is 1. The number of nitrogens with one attached hydrogen (secondary N) is 1. The van der Waals surface area contributed by atoms with Crippen molar-refractivity contribution < 1.29 is 21.9 Å². The third-order valence-electron chi connectivity index (χ3n) is 3.47. The van der Waals surface area contributed by atoms with E-state index in [9.17, 15) is 17.2 Å². The van der Waals surface area contributed by atoms with Gasteiger partial charge in [0.2, 0.25) is 0 Å². The second-order valence-electron chi connectivity index (χ2n) is 5.40. The van der Waals surface area contributed by atoms with Crippen LogP contribution in [0.4, 0.5) is 14.6 Å². The summed E-state index contributed by atoms with van der Waals surface area (Å²) in [6.45, 7) is 0.